The topological polar surface area (TPSA) is 40.6 Å². The van der Waals surface area contributed by atoms with Crippen LogP contribution in [0.5, 0.6) is 0 Å². The largest absolute Gasteiger partial charge is 0.332 e. The summed E-state index contributed by atoms with van der Waals surface area (Å²) in [7, 11) is 0. The number of alkyl halides is 1. The monoisotopic (exact) mass is 418 g/mol. The molecule has 3 rings (SSSR count). The lowest BCUT2D eigenvalue weighted by Crippen LogP contribution is -2.48. The van der Waals surface area contributed by atoms with Crippen LogP contribution in [0.15, 0.2) is 47.8 Å². The number of carbonyl (C=O) groups is 2. The summed E-state index contributed by atoms with van der Waals surface area (Å²) in [4.78, 5) is 30.9. The molecule has 1 aliphatic carbocycles. The first-order valence-electron chi connectivity index (χ1n) is 9.62. The van der Waals surface area contributed by atoms with Gasteiger partial charge in [0.2, 0.25) is 11.8 Å². The standard InChI is InChI=1S/C22H27ClN2O2S/c1-22(2,16-23)21(27)25(18-10-11-18)15-20(26)24(14-19-9-6-12-28-19)13-17-7-4-3-5-8-17/h3-9,12,18H,10-11,13-16H2,1-2H3. The average Bonchev–Trinajstić information content (AvgIpc) is 3.41. The third-order valence-corrected chi connectivity index (χ3v) is 6.49. The maximum Gasteiger partial charge on any atom is 0.242 e. The van der Waals surface area contributed by atoms with Crippen molar-refractivity contribution in [2.45, 2.75) is 45.8 Å². The molecule has 6 heteroatoms. The second-order valence-corrected chi connectivity index (χ2v) is 9.30. The summed E-state index contributed by atoms with van der Waals surface area (Å²) in [6, 6.07) is 14.2. The van der Waals surface area contributed by atoms with E-state index >= 15 is 0 Å². The fourth-order valence-corrected chi connectivity index (χ4v) is 3.91. The van der Waals surface area contributed by atoms with Crippen molar-refractivity contribution >= 4 is 34.8 Å². The van der Waals surface area contributed by atoms with E-state index in [0.717, 1.165) is 23.3 Å². The molecule has 28 heavy (non-hydrogen) atoms. The van der Waals surface area contributed by atoms with Crippen LogP contribution in [0.4, 0.5) is 0 Å². The van der Waals surface area contributed by atoms with Crippen molar-refractivity contribution in [1.29, 1.82) is 0 Å². The molecular formula is C22H27ClN2O2S. The van der Waals surface area contributed by atoms with Gasteiger partial charge in [-0.3, -0.25) is 9.59 Å². The van der Waals surface area contributed by atoms with Crippen molar-refractivity contribution in [3.8, 4) is 0 Å². The van der Waals surface area contributed by atoms with E-state index in [2.05, 4.69) is 0 Å². The number of hydrogen-bond acceptors (Lipinski definition) is 3. The molecule has 150 valence electrons. The van der Waals surface area contributed by atoms with Crippen LogP contribution in [0.25, 0.3) is 0 Å². The smallest absolute Gasteiger partial charge is 0.242 e. The van der Waals surface area contributed by atoms with Crippen LogP contribution in [0.2, 0.25) is 0 Å². The van der Waals surface area contributed by atoms with Gasteiger partial charge in [-0.05, 0) is 43.7 Å². The summed E-state index contributed by atoms with van der Waals surface area (Å²) in [5, 5.41) is 2.02. The van der Waals surface area contributed by atoms with Crippen LogP contribution in [0.1, 0.15) is 37.1 Å². The van der Waals surface area contributed by atoms with Crippen molar-refractivity contribution in [1.82, 2.24) is 9.80 Å². The van der Waals surface area contributed by atoms with Gasteiger partial charge in [-0.15, -0.1) is 22.9 Å². The third kappa shape index (κ3) is 5.36. The number of carbonyl (C=O) groups excluding carboxylic acids is 2. The van der Waals surface area contributed by atoms with E-state index in [1.807, 2.05) is 66.6 Å². The number of rotatable bonds is 9. The predicted octanol–water partition coefficient (Wildman–Crippen LogP) is 4.53. The van der Waals surface area contributed by atoms with Gasteiger partial charge in [0.1, 0.15) is 6.54 Å². The molecule has 2 aromatic rings. The highest BCUT2D eigenvalue weighted by atomic mass is 35.5. The number of amides is 2. The second-order valence-electron chi connectivity index (χ2n) is 8.00. The molecule has 0 radical (unpaired) electrons. The number of hydrogen-bond donors (Lipinski definition) is 0. The molecule has 0 bridgehead atoms. The molecule has 1 aromatic heterocycles. The molecule has 2 amide bonds. The van der Waals surface area contributed by atoms with Crippen LogP contribution >= 0.6 is 22.9 Å². The van der Waals surface area contributed by atoms with Gasteiger partial charge < -0.3 is 9.80 Å². The third-order valence-electron chi connectivity index (χ3n) is 4.96. The predicted molar refractivity (Wildman–Crippen MR) is 114 cm³/mol. The van der Waals surface area contributed by atoms with Crippen LogP contribution in [0, 0.1) is 5.41 Å². The molecule has 0 spiro atoms. The Morgan fingerprint density at radius 3 is 2.39 bits per heavy atom. The Labute approximate surface area is 176 Å². The maximum atomic E-state index is 13.2. The highest BCUT2D eigenvalue weighted by Crippen LogP contribution is 2.32. The zero-order valence-corrected chi connectivity index (χ0v) is 18.0. The first-order chi connectivity index (χ1) is 13.4. The van der Waals surface area contributed by atoms with Gasteiger partial charge in [0.25, 0.3) is 0 Å². The highest BCUT2D eigenvalue weighted by molar-refractivity contribution is 7.09. The summed E-state index contributed by atoms with van der Waals surface area (Å²) < 4.78 is 0. The molecule has 1 saturated carbocycles. The van der Waals surface area contributed by atoms with E-state index in [9.17, 15) is 9.59 Å². The molecule has 0 aliphatic heterocycles. The molecular weight excluding hydrogens is 392 g/mol. The van der Waals surface area contributed by atoms with Crippen molar-refractivity contribution < 1.29 is 9.59 Å². The number of nitrogens with zero attached hydrogens (tertiary/aromatic N) is 2. The molecule has 0 unspecified atom stereocenters. The Hall–Kier alpha value is -1.85. The summed E-state index contributed by atoms with van der Waals surface area (Å²) in [6.45, 7) is 4.88. The number of halogens is 1. The Balaban J connectivity index is 1.76. The van der Waals surface area contributed by atoms with Gasteiger partial charge in [-0.2, -0.15) is 0 Å². The van der Waals surface area contributed by atoms with Gasteiger partial charge in [0.15, 0.2) is 0 Å². The van der Waals surface area contributed by atoms with E-state index in [-0.39, 0.29) is 30.3 Å². The number of thiophene rings is 1. The number of benzene rings is 1. The van der Waals surface area contributed by atoms with Gasteiger partial charge >= 0.3 is 0 Å². The highest BCUT2D eigenvalue weighted by Gasteiger charge is 2.40. The van der Waals surface area contributed by atoms with Crippen LogP contribution in [0.3, 0.4) is 0 Å². The molecule has 4 nitrogen and oxygen atoms in total. The molecule has 1 fully saturated rings. The Bertz CT molecular complexity index is 788. The van der Waals surface area contributed by atoms with Crippen LogP contribution in [-0.2, 0) is 22.7 Å². The van der Waals surface area contributed by atoms with Crippen molar-refractivity contribution in [2.75, 3.05) is 12.4 Å². The fourth-order valence-electron chi connectivity index (χ4n) is 3.07. The summed E-state index contributed by atoms with van der Waals surface area (Å²) in [5.74, 6) is 0.184. The fraction of sp³-hybridized carbons (Fsp3) is 0.455. The van der Waals surface area contributed by atoms with Crippen molar-refractivity contribution in [3.63, 3.8) is 0 Å². The average molecular weight is 419 g/mol. The van der Waals surface area contributed by atoms with E-state index in [0.29, 0.717) is 13.1 Å². The Morgan fingerprint density at radius 1 is 1.11 bits per heavy atom. The Morgan fingerprint density at radius 2 is 1.82 bits per heavy atom. The summed E-state index contributed by atoms with van der Waals surface area (Å²) in [5.41, 5.74) is 0.417. The zero-order chi connectivity index (χ0) is 20.1. The molecule has 0 saturated heterocycles. The first-order valence-corrected chi connectivity index (χ1v) is 11.0. The lowest BCUT2D eigenvalue weighted by molar-refractivity contribution is -0.146. The lowest BCUT2D eigenvalue weighted by atomic mass is 9.94. The lowest BCUT2D eigenvalue weighted by Gasteiger charge is -2.32. The molecule has 0 atom stereocenters. The van der Waals surface area contributed by atoms with Gasteiger partial charge in [0, 0.05) is 23.3 Å². The molecule has 0 N–H and O–H groups in total. The second kappa shape index (κ2) is 9.10. The van der Waals surface area contributed by atoms with Gasteiger partial charge in [0.05, 0.1) is 12.0 Å². The first kappa shape index (κ1) is 20.9. The summed E-state index contributed by atoms with van der Waals surface area (Å²) in [6.07, 6.45) is 1.92. The minimum absolute atomic E-state index is 0.0251. The minimum atomic E-state index is -0.664. The van der Waals surface area contributed by atoms with Crippen LogP contribution in [-0.4, -0.2) is 40.1 Å². The van der Waals surface area contributed by atoms with Crippen molar-refractivity contribution in [3.05, 3.63) is 58.3 Å². The normalized spacial score (nSPS) is 14.0. The van der Waals surface area contributed by atoms with Crippen LogP contribution < -0.4 is 0 Å². The summed E-state index contributed by atoms with van der Waals surface area (Å²) >= 11 is 7.66. The molecule has 1 heterocycles. The minimum Gasteiger partial charge on any atom is -0.332 e. The quantitative estimate of drug-likeness (QED) is 0.561. The van der Waals surface area contributed by atoms with E-state index in [1.165, 1.54) is 0 Å². The van der Waals surface area contributed by atoms with E-state index in [4.69, 9.17) is 11.6 Å². The molecule has 1 aromatic carbocycles. The van der Waals surface area contributed by atoms with Crippen molar-refractivity contribution in [2.24, 2.45) is 5.41 Å². The molecule has 1 aliphatic rings. The maximum absolute atomic E-state index is 13.2. The Kier molecular flexibility index (Phi) is 6.78. The van der Waals surface area contributed by atoms with Gasteiger partial charge in [-0.1, -0.05) is 36.4 Å². The van der Waals surface area contributed by atoms with E-state index in [1.54, 1.807) is 16.2 Å². The SMILES string of the molecule is CC(C)(CCl)C(=O)N(CC(=O)N(Cc1ccccc1)Cc1cccs1)C1CC1. The van der Waals surface area contributed by atoms with E-state index < -0.39 is 5.41 Å². The zero-order valence-electron chi connectivity index (χ0n) is 16.4. The van der Waals surface area contributed by atoms with Gasteiger partial charge in [-0.25, -0.2) is 0 Å².